The van der Waals surface area contributed by atoms with Crippen LogP contribution in [0.2, 0.25) is 0 Å². The number of carboxylic acids is 1. The Morgan fingerprint density at radius 1 is 0.970 bits per heavy atom. The van der Waals surface area contributed by atoms with E-state index in [2.05, 4.69) is 5.32 Å². The van der Waals surface area contributed by atoms with Crippen LogP contribution in [0.1, 0.15) is 34.0 Å². The second-order valence-electron chi connectivity index (χ2n) is 7.43. The minimum Gasteiger partial charge on any atom is -0.497 e. The molecule has 1 aliphatic heterocycles. The van der Waals surface area contributed by atoms with Gasteiger partial charge in [-0.25, -0.2) is 4.79 Å². The van der Waals surface area contributed by atoms with Crippen molar-refractivity contribution in [2.75, 3.05) is 33.8 Å². The summed E-state index contributed by atoms with van der Waals surface area (Å²) < 4.78 is 23.5. The predicted octanol–water partition coefficient (Wildman–Crippen LogP) is 3.68. The summed E-state index contributed by atoms with van der Waals surface area (Å²) in [6.07, 6.45) is 1.59. The third-order valence-corrected chi connectivity index (χ3v) is 5.72. The van der Waals surface area contributed by atoms with E-state index in [1.165, 1.54) is 20.4 Å². The van der Waals surface area contributed by atoms with Crippen molar-refractivity contribution in [2.24, 2.45) is 0 Å². The number of aromatic carboxylic acids is 1. The smallest absolute Gasteiger partial charge is 0.339 e. The molecule has 1 aromatic heterocycles. The lowest BCUT2D eigenvalue weighted by molar-refractivity contribution is -0.116. The predicted molar refractivity (Wildman–Crippen MR) is 120 cm³/mol. The van der Waals surface area contributed by atoms with Crippen LogP contribution in [0.25, 0.3) is 5.69 Å². The van der Waals surface area contributed by atoms with Gasteiger partial charge in [-0.15, -0.1) is 0 Å². The first-order chi connectivity index (χ1) is 15.9. The normalized spacial score (nSPS) is 14.8. The van der Waals surface area contributed by atoms with Gasteiger partial charge in [-0.3, -0.25) is 4.79 Å². The third-order valence-electron chi connectivity index (χ3n) is 5.72. The first-order valence-electron chi connectivity index (χ1n) is 10.1. The number of ether oxygens (including phenoxy) is 4. The molecule has 0 fully saturated rings. The number of fused-ring (bicyclic) bond motifs is 1. The third kappa shape index (κ3) is 3.82. The van der Waals surface area contributed by atoms with Crippen molar-refractivity contribution in [3.05, 3.63) is 59.4 Å². The summed E-state index contributed by atoms with van der Waals surface area (Å²) in [6, 6.07) is 10.6. The number of carboxylic acid groups (broad SMARTS) is 1. The highest BCUT2D eigenvalue weighted by Crippen LogP contribution is 2.46. The summed E-state index contributed by atoms with van der Waals surface area (Å²) in [5.74, 6) is 0.289. The van der Waals surface area contributed by atoms with Crippen molar-refractivity contribution in [1.82, 2.24) is 4.57 Å². The molecule has 0 bridgehead atoms. The van der Waals surface area contributed by atoms with Gasteiger partial charge in [0.15, 0.2) is 0 Å². The molecule has 0 radical (unpaired) electrons. The van der Waals surface area contributed by atoms with Crippen LogP contribution < -0.4 is 24.3 Å². The monoisotopic (exact) mass is 452 g/mol. The molecule has 9 nitrogen and oxygen atoms in total. The van der Waals surface area contributed by atoms with Crippen molar-refractivity contribution in [3.63, 3.8) is 0 Å². The average Bonchev–Trinajstić information content (AvgIpc) is 3.22. The number of carbonyl (C=O) groups excluding carboxylic acids is 1. The van der Waals surface area contributed by atoms with Crippen LogP contribution in [0.4, 0.5) is 5.69 Å². The van der Waals surface area contributed by atoms with E-state index in [1.807, 2.05) is 6.07 Å². The molecule has 0 aliphatic carbocycles. The van der Waals surface area contributed by atoms with Gasteiger partial charge in [0.05, 0.1) is 45.5 Å². The van der Waals surface area contributed by atoms with E-state index in [4.69, 9.17) is 18.9 Å². The number of nitrogens with zero attached hydrogens (tertiary/aromatic N) is 1. The highest BCUT2D eigenvalue weighted by atomic mass is 16.5. The molecule has 0 saturated carbocycles. The Balaban J connectivity index is 2.02. The topological polar surface area (TPSA) is 108 Å². The molecule has 4 rings (SSSR count). The molecular formula is C24H24N2O7. The van der Waals surface area contributed by atoms with Crippen LogP contribution in [-0.4, -0.2) is 50.0 Å². The van der Waals surface area contributed by atoms with Gasteiger partial charge in [-0.1, -0.05) is 6.07 Å². The fraction of sp³-hybridized carbons (Fsp3) is 0.250. The van der Waals surface area contributed by atoms with Crippen molar-refractivity contribution in [2.45, 2.75) is 12.3 Å². The standard InChI is InChI=1S/C24H24N2O7/c1-30-13-6-8-19(32-3)18(9-13)26-12-17(24(28)29)22-23(26)16(11-21(27)25-22)15-7-5-14(31-2)10-20(15)33-4/h5-10,12,16H,11H2,1-4H3,(H,25,27)(H,28,29)/t16-/m1/s1. The summed E-state index contributed by atoms with van der Waals surface area (Å²) >= 11 is 0. The molecule has 1 atom stereocenters. The Labute approximate surface area is 190 Å². The number of hydrogen-bond donors (Lipinski definition) is 2. The van der Waals surface area contributed by atoms with Crippen LogP contribution >= 0.6 is 0 Å². The van der Waals surface area contributed by atoms with E-state index in [0.717, 1.165) is 5.56 Å². The van der Waals surface area contributed by atoms with Gasteiger partial charge in [-0.05, 0) is 18.2 Å². The van der Waals surface area contributed by atoms with E-state index >= 15 is 0 Å². The maximum Gasteiger partial charge on any atom is 0.339 e. The number of carbonyl (C=O) groups is 2. The maximum absolute atomic E-state index is 12.7. The molecule has 2 N–H and O–H groups in total. The number of methoxy groups -OCH3 is 4. The molecule has 172 valence electrons. The molecule has 0 spiro atoms. The summed E-state index contributed by atoms with van der Waals surface area (Å²) in [7, 11) is 6.17. The van der Waals surface area contributed by atoms with Gasteiger partial charge in [-0.2, -0.15) is 0 Å². The molecule has 2 heterocycles. The molecule has 9 heteroatoms. The van der Waals surface area contributed by atoms with Crippen LogP contribution in [0.5, 0.6) is 23.0 Å². The lowest BCUT2D eigenvalue weighted by Gasteiger charge is -2.28. The highest BCUT2D eigenvalue weighted by molar-refractivity contribution is 6.04. The fourth-order valence-electron chi connectivity index (χ4n) is 4.18. The first-order valence-corrected chi connectivity index (χ1v) is 10.1. The Morgan fingerprint density at radius 2 is 1.64 bits per heavy atom. The van der Waals surface area contributed by atoms with Gasteiger partial charge in [0.2, 0.25) is 5.91 Å². The quantitative estimate of drug-likeness (QED) is 0.563. The minimum atomic E-state index is -1.16. The average molecular weight is 452 g/mol. The van der Waals surface area contributed by atoms with Crippen molar-refractivity contribution in [1.29, 1.82) is 0 Å². The zero-order valence-electron chi connectivity index (χ0n) is 18.7. The number of aromatic nitrogens is 1. The summed E-state index contributed by atoms with van der Waals surface area (Å²) in [6.45, 7) is 0. The Morgan fingerprint density at radius 3 is 2.27 bits per heavy atom. The lowest BCUT2D eigenvalue weighted by atomic mass is 9.87. The number of benzene rings is 2. The molecule has 1 aliphatic rings. The Bertz CT molecular complexity index is 1230. The van der Waals surface area contributed by atoms with Crippen molar-refractivity contribution in [3.8, 4) is 28.7 Å². The lowest BCUT2D eigenvalue weighted by Crippen LogP contribution is -2.26. The van der Waals surface area contributed by atoms with E-state index in [9.17, 15) is 14.7 Å². The molecule has 2 aromatic carbocycles. The second-order valence-corrected chi connectivity index (χ2v) is 7.43. The van der Waals surface area contributed by atoms with E-state index in [-0.39, 0.29) is 23.6 Å². The van der Waals surface area contributed by atoms with Crippen molar-refractivity contribution >= 4 is 17.6 Å². The fourth-order valence-corrected chi connectivity index (χ4v) is 4.18. The SMILES string of the molecule is COc1ccc([C@H]2CC(=O)Nc3c(C(=O)O)cn(-c4cc(OC)ccc4OC)c32)c(OC)c1. The van der Waals surface area contributed by atoms with E-state index < -0.39 is 11.9 Å². The number of anilines is 1. The van der Waals surface area contributed by atoms with Crippen LogP contribution in [-0.2, 0) is 4.79 Å². The van der Waals surface area contributed by atoms with Gasteiger partial charge < -0.3 is 33.9 Å². The molecule has 1 amide bonds. The maximum atomic E-state index is 12.7. The molecule has 33 heavy (non-hydrogen) atoms. The number of rotatable bonds is 7. The molecule has 0 unspecified atom stereocenters. The van der Waals surface area contributed by atoms with Crippen molar-refractivity contribution < 1.29 is 33.6 Å². The minimum absolute atomic E-state index is 0.0274. The number of nitrogens with one attached hydrogen (secondary N) is 1. The first kappa shape index (κ1) is 22.1. The van der Waals surface area contributed by atoms with Crippen LogP contribution in [0.3, 0.4) is 0 Å². The van der Waals surface area contributed by atoms with E-state index in [1.54, 1.807) is 49.1 Å². The Kier molecular flexibility index (Phi) is 5.87. The zero-order valence-corrected chi connectivity index (χ0v) is 18.7. The number of hydrogen-bond acceptors (Lipinski definition) is 6. The van der Waals surface area contributed by atoms with Crippen LogP contribution in [0.15, 0.2) is 42.6 Å². The van der Waals surface area contributed by atoms with E-state index in [0.29, 0.717) is 34.4 Å². The van der Waals surface area contributed by atoms with Gasteiger partial charge in [0, 0.05) is 36.2 Å². The highest BCUT2D eigenvalue weighted by Gasteiger charge is 2.36. The molecule has 3 aromatic rings. The second kappa shape index (κ2) is 8.78. The summed E-state index contributed by atoms with van der Waals surface area (Å²) in [4.78, 5) is 24.7. The molecular weight excluding hydrogens is 428 g/mol. The van der Waals surface area contributed by atoms with Gasteiger partial charge >= 0.3 is 5.97 Å². The zero-order chi connectivity index (χ0) is 23.7. The summed E-state index contributed by atoms with van der Waals surface area (Å²) in [5, 5.41) is 12.6. The Hall–Kier alpha value is -4.14. The number of amides is 1. The largest absolute Gasteiger partial charge is 0.497 e. The molecule has 0 saturated heterocycles. The van der Waals surface area contributed by atoms with Gasteiger partial charge in [0.25, 0.3) is 0 Å². The van der Waals surface area contributed by atoms with Crippen LogP contribution in [0, 0.1) is 0 Å². The summed E-state index contributed by atoms with van der Waals surface area (Å²) in [5.41, 5.74) is 2.12. The van der Waals surface area contributed by atoms with Gasteiger partial charge in [0.1, 0.15) is 28.6 Å².